The van der Waals surface area contributed by atoms with Crippen molar-refractivity contribution in [2.45, 2.75) is 10.9 Å². The first kappa shape index (κ1) is 20.3. The molecule has 5 aromatic rings. The van der Waals surface area contributed by atoms with Gasteiger partial charge < -0.3 is 4.98 Å². The van der Waals surface area contributed by atoms with E-state index in [1.54, 1.807) is 12.1 Å². The predicted octanol–water partition coefficient (Wildman–Crippen LogP) is 6.04. The molecule has 0 amide bonds. The lowest BCUT2D eigenvalue weighted by molar-refractivity contribution is 0.966. The Morgan fingerprint density at radius 3 is 2.61 bits per heavy atom. The van der Waals surface area contributed by atoms with Crippen LogP contribution in [0.15, 0.2) is 63.9 Å². The lowest BCUT2D eigenvalue weighted by Crippen LogP contribution is -2.10. The molecule has 31 heavy (non-hydrogen) atoms. The maximum absolute atomic E-state index is 12.8. The molecule has 0 radical (unpaired) electrons. The summed E-state index contributed by atoms with van der Waals surface area (Å²) < 4.78 is 0. The second kappa shape index (κ2) is 8.47. The summed E-state index contributed by atoms with van der Waals surface area (Å²) in [5, 5.41) is 11.4. The summed E-state index contributed by atoms with van der Waals surface area (Å²) in [5.41, 5.74) is 2.32. The van der Waals surface area contributed by atoms with E-state index in [9.17, 15) is 4.79 Å². The van der Waals surface area contributed by atoms with E-state index in [1.165, 1.54) is 23.1 Å². The maximum Gasteiger partial charge on any atom is 0.260 e. The molecule has 6 nitrogen and oxygen atoms in total. The fourth-order valence-electron chi connectivity index (χ4n) is 3.12. The Balaban J connectivity index is 1.38. The molecule has 2 aromatic carbocycles. The standard InChI is InChI=1S/C21H13Cl2N5OS2/c22-12-7-5-11(6-8-12)18-26-21(28-27-18)31-10-16-24-19(29)17-14(9-30-20(17)25-16)13-3-1-2-4-15(13)23/h1-9H,10H2,(H,24,25,29)(H,26,27,28). The highest BCUT2D eigenvalue weighted by Gasteiger charge is 2.15. The quantitative estimate of drug-likeness (QED) is 0.296. The van der Waals surface area contributed by atoms with Crippen LogP contribution in [0.4, 0.5) is 0 Å². The number of aromatic amines is 2. The van der Waals surface area contributed by atoms with Gasteiger partial charge in [-0.25, -0.2) is 9.97 Å². The summed E-state index contributed by atoms with van der Waals surface area (Å²) in [7, 11) is 0. The minimum absolute atomic E-state index is 0.186. The summed E-state index contributed by atoms with van der Waals surface area (Å²) in [6, 6.07) is 14.8. The largest absolute Gasteiger partial charge is 0.309 e. The van der Waals surface area contributed by atoms with Gasteiger partial charge in [-0.15, -0.1) is 16.4 Å². The van der Waals surface area contributed by atoms with Crippen molar-refractivity contribution in [1.82, 2.24) is 25.1 Å². The first-order chi connectivity index (χ1) is 15.1. The van der Waals surface area contributed by atoms with Gasteiger partial charge in [-0.1, -0.05) is 53.2 Å². The van der Waals surface area contributed by atoms with Gasteiger partial charge in [-0.05, 0) is 30.3 Å². The minimum atomic E-state index is -0.186. The number of rotatable bonds is 5. The highest BCUT2D eigenvalue weighted by Crippen LogP contribution is 2.35. The van der Waals surface area contributed by atoms with Crippen LogP contribution in [0.5, 0.6) is 0 Å². The maximum atomic E-state index is 12.8. The molecular weight excluding hydrogens is 473 g/mol. The van der Waals surface area contributed by atoms with Gasteiger partial charge in [0, 0.05) is 32.1 Å². The molecule has 3 heterocycles. The summed E-state index contributed by atoms with van der Waals surface area (Å²) in [6.07, 6.45) is 0. The molecule has 10 heteroatoms. The minimum Gasteiger partial charge on any atom is -0.309 e. The molecule has 0 bridgehead atoms. The van der Waals surface area contributed by atoms with E-state index in [4.69, 9.17) is 23.2 Å². The average molecular weight is 486 g/mol. The van der Waals surface area contributed by atoms with Crippen molar-refractivity contribution in [3.63, 3.8) is 0 Å². The van der Waals surface area contributed by atoms with Crippen molar-refractivity contribution in [1.29, 1.82) is 0 Å². The summed E-state index contributed by atoms with van der Waals surface area (Å²) in [4.78, 5) is 25.5. The number of hydrogen-bond donors (Lipinski definition) is 2. The van der Waals surface area contributed by atoms with Crippen molar-refractivity contribution >= 4 is 56.5 Å². The van der Waals surface area contributed by atoms with Gasteiger partial charge in [0.15, 0.2) is 5.82 Å². The predicted molar refractivity (Wildman–Crippen MR) is 127 cm³/mol. The highest BCUT2D eigenvalue weighted by molar-refractivity contribution is 7.98. The Kier molecular flexibility index (Phi) is 5.54. The number of nitrogens with one attached hydrogen (secondary N) is 2. The van der Waals surface area contributed by atoms with Crippen LogP contribution in [0.3, 0.4) is 0 Å². The molecule has 0 unspecified atom stereocenters. The van der Waals surface area contributed by atoms with E-state index in [-0.39, 0.29) is 5.56 Å². The normalized spacial score (nSPS) is 11.3. The van der Waals surface area contributed by atoms with Crippen LogP contribution in [0.25, 0.3) is 32.7 Å². The topological polar surface area (TPSA) is 87.3 Å². The Morgan fingerprint density at radius 2 is 1.81 bits per heavy atom. The fraction of sp³-hybridized carbons (Fsp3) is 0.0476. The van der Waals surface area contributed by atoms with Gasteiger partial charge in [0.25, 0.3) is 5.56 Å². The number of thioether (sulfide) groups is 1. The molecule has 0 fully saturated rings. The van der Waals surface area contributed by atoms with Gasteiger partial charge in [0.05, 0.1) is 11.1 Å². The van der Waals surface area contributed by atoms with Gasteiger partial charge in [-0.3, -0.25) is 9.89 Å². The van der Waals surface area contributed by atoms with Crippen LogP contribution in [0.2, 0.25) is 10.0 Å². The molecule has 3 aromatic heterocycles. The van der Waals surface area contributed by atoms with Crippen molar-refractivity contribution in [3.05, 3.63) is 80.1 Å². The van der Waals surface area contributed by atoms with E-state index >= 15 is 0 Å². The van der Waals surface area contributed by atoms with Crippen molar-refractivity contribution in [2.24, 2.45) is 0 Å². The van der Waals surface area contributed by atoms with Crippen molar-refractivity contribution in [2.75, 3.05) is 0 Å². The van der Waals surface area contributed by atoms with Crippen molar-refractivity contribution in [3.8, 4) is 22.5 Å². The van der Waals surface area contributed by atoms with Crippen LogP contribution in [-0.2, 0) is 5.75 Å². The molecule has 154 valence electrons. The number of fused-ring (bicyclic) bond motifs is 1. The van der Waals surface area contributed by atoms with Gasteiger partial charge >= 0.3 is 0 Å². The second-order valence-electron chi connectivity index (χ2n) is 6.58. The number of benzene rings is 2. The summed E-state index contributed by atoms with van der Waals surface area (Å²) in [6.45, 7) is 0. The molecular formula is C21H13Cl2N5OS2. The smallest absolute Gasteiger partial charge is 0.260 e. The Bertz CT molecular complexity index is 1440. The third kappa shape index (κ3) is 4.12. The molecule has 0 aliphatic heterocycles. The fourth-order valence-corrected chi connectivity index (χ4v) is 5.11. The van der Waals surface area contributed by atoms with Crippen LogP contribution in [0, 0.1) is 0 Å². The van der Waals surface area contributed by atoms with E-state index in [0.29, 0.717) is 42.8 Å². The average Bonchev–Trinajstić information content (AvgIpc) is 3.41. The zero-order valence-corrected chi connectivity index (χ0v) is 18.9. The number of aromatic nitrogens is 5. The van der Waals surface area contributed by atoms with Crippen LogP contribution in [0.1, 0.15) is 5.82 Å². The zero-order valence-electron chi connectivity index (χ0n) is 15.7. The monoisotopic (exact) mass is 485 g/mol. The van der Waals surface area contributed by atoms with Crippen LogP contribution in [-0.4, -0.2) is 25.1 Å². The highest BCUT2D eigenvalue weighted by atomic mass is 35.5. The van der Waals surface area contributed by atoms with E-state index in [0.717, 1.165) is 16.7 Å². The Labute approximate surface area is 194 Å². The summed E-state index contributed by atoms with van der Waals surface area (Å²) in [5.74, 6) is 1.65. The van der Waals surface area contributed by atoms with Gasteiger partial charge in [-0.2, -0.15) is 0 Å². The number of halogens is 2. The number of thiophene rings is 1. The van der Waals surface area contributed by atoms with E-state index in [1.807, 2.05) is 41.8 Å². The molecule has 0 spiro atoms. The van der Waals surface area contributed by atoms with E-state index < -0.39 is 0 Å². The first-order valence-corrected chi connectivity index (χ1v) is 11.8. The second-order valence-corrected chi connectivity index (χ2v) is 9.23. The lowest BCUT2D eigenvalue weighted by atomic mass is 10.1. The third-order valence-corrected chi connectivity index (χ3v) is 6.89. The Hall–Kier alpha value is -2.65. The number of H-pyrrole nitrogens is 2. The molecule has 5 rings (SSSR count). The molecule has 0 saturated heterocycles. The SMILES string of the molecule is O=c1[nH]c(CSc2n[nH]c(-c3ccc(Cl)cc3)n2)nc2scc(-c3ccccc3Cl)c12. The molecule has 0 aliphatic carbocycles. The zero-order chi connectivity index (χ0) is 21.4. The third-order valence-electron chi connectivity index (χ3n) is 4.58. The molecule has 0 atom stereocenters. The van der Waals surface area contributed by atoms with E-state index in [2.05, 4.69) is 25.1 Å². The van der Waals surface area contributed by atoms with Crippen LogP contribution >= 0.6 is 46.3 Å². The number of hydrogen-bond acceptors (Lipinski definition) is 6. The summed E-state index contributed by atoms with van der Waals surface area (Å²) >= 11 is 15.1. The number of nitrogens with zero attached hydrogens (tertiary/aromatic N) is 3. The molecule has 2 N–H and O–H groups in total. The van der Waals surface area contributed by atoms with Gasteiger partial charge in [0.1, 0.15) is 10.7 Å². The lowest BCUT2D eigenvalue weighted by Gasteiger charge is -2.03. The molecule has 0 saturated carbocycles. The Morgan fingerprint density at radius 1 is 1.00 bits per heavy atom. The first-order valence-electron chi connectivity index (χ1n) is 9.15. The van der Waals surface area contributed by atoms with Crippen molar-refractivity contribution < 1.29 is 0 Å². The van der Waals surface area contributed by atoms with Crippen LogP contribution < -0.4 is 5.56 Å². The molecule has 0 aliphatic rings. The van der Waals surface area contributed by atoms with Gasteiger partial charge in [0.2, 0.25) is 5.16 Å².